The number of carboxylic acids is 1. The number of carbonyl (C=O) groups excluding carboxylic acids is 3. The minimum atomic E-state index is -1.51. The first-order valence-electron chi connectivity index (χ1n) is 6.39. The van der Waals surface area contributed by atoms with Crippen molar-refractivity contribution in [2.24, 2.45) is 0 Å². The topological polar surface area (TPSA) is 98.8 Å². The predicted molar refractivity (Wildman–Crippen MR) is 75.4 cm³/mol. The van der Waals surface area contributed by atoms with Crippen LogP contribution in [-0.4, -0.2) is 36.0 Å². The number of imide groups is 1. The van der Waals surface area contributed by atoms with Gasteiger partial charge in [-0.1, -0.05) is 24.8 Å². The SMILES string of the molecule is C=CCOc1ccc(/C=C2/NC(=O)N(CC(=O)[O-])C2=O)cc1. The number of rotatable bonds is 6. The molecule has 0 saturated carbocycles. The van der Waals surface area contributed by atoms with Gasteiger partial charge in [-0.3, -0.25) is 9.69 Å². The lowest BCUT2D eigenvalue weighted by molar-refractivity contribution is -0.305. The molecule has 0 bridgehead atoms. The van der Waals surface area contributed by atoms with Crippen LogP contribution in [0.5, 0.6) is 5.75 Å². The highest BCUT2D eigenvalue weighted by atomic mass is 16.5. The van der Waals surface area contributed by atoms with Gasteiger partial charge in [-0.25, -0.2) is 4.79 Å². The van der Waals surface area contributed by atoms with E-state index in [2.05, 4.69) is 11.9 Å². The van der Waals surface area contributed by atoms with Gasteiger partial charge in [-0.05, 0) is 23.8 Å². The number of hydrogen-bond acceptors (Lipinski definition) is 5. The predicted octanol–water partition coefficient (Wildman–Crippen LogP) is -0.106. The first-order valence-corrected chi connectivity index (χ1v) is 6.39. The zero-order chi connectivity index (χ0) is 16.1. The second-order valence-corrected chi connectivity index (χ2v) is 4.42. The average Bonchev–Trinajstić information content (AvgIpc) is 2.74. The van der Waals surface area contributed by atoms with Crippen LogP contribution in [0.15, 0.2) is 42.6 Å². The summed E-state index contributed by atoms with van der Waals surface area (Å²) in [5.41, 5.74) is 0.663. The number of urea groups is 1. The lowest BCUT2D eigenvalue weighted by atomic mass is 10.2. The maximum Gasteiger partial charge on any atom is 0.329 e. The molecule has 1 aromatic carbocycles. The molecule has 1 heterocycles. The van der Waals surface area contributed by atoms with Gasteiger partial charge in [0.05, 0.1) is 12.5 Å². The standard InChI is InChI=1S/C15H14N2O5/c1-2-7-22-11-5-3-10(4-6-11)8-12-14(20)17(9-13(18)19)15(21)16-12/h2-6,8H,1,7,9H2,(H,16,21)(H,18,19)/p-1/b12-8+. The van der Waals surface area contributed by atoms with Crippen molar-refractivity contribution < 1.29 is 24.2 Å². The number of amides is 3. The van der Waals surface area contributed by atoms with Crippen LogP contribution >= 0.6 is 0 Å². The summed E-state index contributed by atoms with van der Waals surface area (Å²) in [5.74, 6) is -1.57. The molecule has 1 aromatic rings. The fourth-order valence-electron chi connectivity index (χ4n) is 1.83. The maximum atomic E-state index is 11.9. The van der Waals surface area contributed by atoms with E-state index in [1.807, 2.05) is 0 Å². The van der Waals surface area contributed by atoms with E-state index in [0.717, 1.165) is 0 Å². The third-order valence-corrected chi connectivity index (χ3v) is 2.81. The Kier molecular flexibility index (Phi) is 4.57. The maximum absolute atomic E-state index is 11.9. The highest BCUT2D eigenvalue weighted by molar-refractivity contribution is 6.15. The molecule has 0 unspecified atom stereocenters. The monoisotopic (exact) mass is 301 g/mol. The Balaban J connectivity index is 2.12. The number of carboxylic acid groups (broad SMARTS) is 1. The van der Waals surface area contributed by atoms with Crippen molar-refractivity contribution in [2.75, 3.05) is 13.2 Å². The summed E-state index contributed by atoms with van der Waals surface area (Å²) in [4.78, 5) is 34.5. The molecule has 1 N–H and O–H groups in total. The third kappa shape index (κ3) is 3.51. The first-order chi connectivity index (χ1) is 10.5. The van der Waals surface area contributed by atoms with Crippen LogP contribution in [-0.2, 0) is 9.59 Å². The van der Waals surface area contributed by atoms with Gasteiger partial charge in [0.1, 0.15) is 18.1 Å². The number of carbonyl (C=O) groups is 3. The van der Waals surface area contributed by atoms with Gasteiger partial charge in [0, 0.05) is 0 Å². The van der Waals surface area contributed by atoms with E-state index in [1.165, 1.54) is 6.08 Å². The Bertz CT molecular complexity index is 648. The summed E-state index contributed by atoms with van der Waals surface area (Å²) in [6.45, 7) is 3.14. The van der Waals surface area contributed by atoms with Crippen LogP contribution in [0.25, 0.3) is 6.08 Å². The molecule has 114 valence electrons. The van der Waals surface area contributed by atoms with Crippen molar-refractivity contribution >= 4 is 24.0 Å². The number of nitrogens with one attached hydrogen (secondary N) is 1. The number of aliphatic carboxylic acids is 1. The molecular weight excluding hydrogens is 288 g/mol. The number of ether oxygens (including phenoxy) is 1. The Hall–Kier alpha value is -3.09. The van der Waals surface area contributed by atoms with E-state index < -0.39 is 24.5 Å². The Labute approximate surface area is 126 Å². The molecule has 0 atom stereocenters. The Morgan fingerprint density at radius 3 is 2.59 bits per heavy atom. The second-order valence-electron chi connectivity index (χ2n) is 4.42. The van der Waals surface area contributed by atoms with E-state index in [1.54, 1.807) is 30.3 Å². The zero-order valence-electron chi connectivity index (χ0n) is 11.6. The van der Waals surface area contributed by atoms with E-state index in [-0.39, 0.29) is 5.70 Å². The van der Waals surface area contributed by atoms with Crippen LogP contribution in [0.2, 0.25) is 0 Å². The zero-order valence-corrected chi connectivity index (χ0v) is 11.6. The summed E-state index contributed by atoms with van der Waals surface area (Å²) < 4.78 is 5.32. The van der Waals surface area contributed by atoms with Crippen LogP contribution in [0, 0.1) is 0 Å². The summed E-state index contributed by atoms with van der Waals surface area (Å²) >= 11 is 0. The smallest absolute Gasteiger partial charge is 0.329 e. The largest absolute Gasteiger partial charge is 0.548 e. The Morgan fingerprint density at radius 1 is 1.32 bits per heavy atom. The fraction of sp³-hybridized carbons (Fsp3) is 0.133. The third-order valence-electron chi connectivity index (χ3n) is 2.81. The molecule has 22 heavy (non-hydrogen) atoms. The lowest BCUT2D eigenvalue weighted by Crippen LogP contribution is -2.41. The van der Waals surface area contributed by atoms with Crippen molar-refractivity contribution in [3.63, 3.8) is 0 Å². The van der Waals surface area contributed by atoms with Gasteiger partial charge >= 0.3 is 6.03 Å². The van der Waals surface area contributed by atoms with Gasteiger partial charge in [0.2, 0.25) is 0 Å². The molecule has 7 heteroatoms. The highest BCUT2D eigenvalue weighted by Crippen LogP contribution is 2.17. The molecule has 0 radical (unpaired) electrons. The molecular formula is C15H13N2O5-. The molecule has 2 rings (SSSR count). The minimum Gasteiger partial charge on any atom is -0.548 e. The minimum absolute atomic E-state index is 0.00556. The molecule has 1 fully saturated rings. The van der Waals surface area contributed by atoms with Gasteiger partial charge in [-0.2, -0.15) is 0 Å². The molecule has 0 aromatic heterocycles. The molecule has 3 amide bonds. The van der Waals surface area contributed by atoms with Gasteiger partial charge in [-0.15, -0.1) is 0 Å². The fourth-order valence-corrected chi connectivity index (χ4v) is 1.83. The lowest BCUT2D eigenvalue weighted by Gasteiger charge is -2.11. The van der Waals surface area contributed by atoms with E-state index in [4.69, 9.17) is 4.74 Å². The highest BCUT2D eigenvalue weighted by Gasteiger charge is 2.33. The van der Waals surface area contributed by atoms with Gasteiger partial charge < -0.3 is 20.0 Å². The Morgan fingerprint density at radius 2 is 2.00 bits per heavy atom. The number of nitrogens with zero attached hydrogens (tertiary/aromatic N) is 1. The van der Waals surface area contributed by atoms with Crippen LogP contribution in [0.3, 0.4) is 0 Å². The van der Waals surface area contributed by atoms with Crippen molar-refractivity contribution in [1.29, 1.82) is 0 Å². The van der Waals surface area contributed by atoms with Crippen LogP contribution in [0.1, 0.15) is 5.56 Å². The summed E-state index contributed by atoms with van der Waals surface area (Å²) in [6, 6.07) is 6.02. The summed E-state index contributed by atoms with van der Waals surface area (Å²) in [5, 5.41) is 12.8. The van der Waals surface area contributed by atoms with E-state index >= 15 is 0 Å². The average molecular weight is 301 g/mol. The normalized spacial score (nSPS) is 15.8. The van der Waals surface area contributed by atoms with Crippen molar-refractivity contribution in [3.8, 4) is 5.75 Å². The van der Waals surface area contributed by atoms with E-state index in [0.29, 0.717) is 22.8 Å². The quantitative estimate of drug-likeness (QED) is 0.449. The summed E-state index contributed by atoms with van der Waals surface area (Å²) in [7, 11) is 0. The number of hydrogen-bond donors (Lipinski definition) is 1. The second kappa shape index (κ2) is 6.57. The molecule has 0 spiro atoms. The van der Waals surface area contributed by atoms with Gasteiger partial charge in [0.15, 0.2) is 0 Å². The summed E-state index contributed by atoms with van der Waals surface area (Å²) in [6.07, 6.45) is 3.07. The molecule has 1 saturated heterocycles. The van der Waals surface area contributed by atoms with E-state index in [9.17, 15) is 19.5 Å². The van der Waals surface area contributed by atoms with Gasteiger partial charge in [0.25, 0.3) is 5.91 Å². The molecule has 0 aliphatic carbocycles. The van der Waals surface area contributed by atoms with Crippen LogP contribution < -0.4 is 15.2 Å². The first kappa shape index (κ1) is 15.3. The molecule has 7 nitrogen and oxygen atoms in total. The molecule has 1 aliphatic rings. The van der Waals surface area contributed by atoms with Crippen molar-refractivity contribution in [2.45, 2.75) is 0 Å². The molecule has 1 aliphatic heterocycles. The number of benzene rings is 1. The van der Waals surface area contributed by atoms with Crippen molar-refractivity contribution in [1.82, 2.24) is 10.2 Å². The van der Waals surface area contributed by atoms with Crippen molar-refractivity contribution in [3.05, 3.63) is 48.2 Å². The van der Waals surface area contributed by atoms with Crippen LogP contribution in [0.4, 0.5) is 4.79 Å².